The van der Waals surface area contributed by atoms with Gasteiger partial charge in [-0.05, 0) is 23.6 Å². The number of carbonyl (C=O) groups excluding carboxylic acids is 2. The fourth-order valence-electron chi connectivity index (χ4n) is 3.03. The normalized spacial score (nSPS) is 12.7. The molecule has 0 aliphatic carbocycles. The molecule has 2 amide bonds. The Labute approximate surface area is 245 Å². The Morgan fingerprint density at radius 3 is 1.21 bits per heavy atom. The Kier molecular flexibility index (Phi) is 14.8. The molecule has 0 unspecified atom stereocenters. The third-order valence-electron chi connectivity index (χ3n) is 5.01. The minimum atomic E-state index is -4.62. The summed E-state index contributed by atoms with van der Waals surface area (Å²) >= 11 is 0. The van der Waals surface area contributed by atoms with Gasteiger partial charge < -0.3 is 9.80 Å². The van der Waals surface area contributed by atoms with Crippen LogP contribution in [0, 0.1) is 5.92 Å². The van der Waals surface area contributed by atoms with E-state index in [1.165, 1.54) is 6.08 Å². The van der Waals surface area contributed by atoms with Gasteiger partial charge in [0.05, 0.1) is 23.0 Å². The van der Waals surface area contributed by atoms with Crippen LogP contribution in [0.1, 0.15) is 47.8 Å². The number of hydrogen-bond donors (Lipinski definition) is 4. The van der Waals surface area contributed by atoms with Crippen LogP contribution >= 0.6 is 0 Å². The molecule has 1 aromatic rings. The van der Waals surface area contributed by atoms with E-state index in [9.17, 15) is 43.3 Å². The van der Waals surface area contributed by atoms with Gasteiger partial charge in [-0.15, -0.1) is 0 Å². The maximum absolute atomic E-state index is 13.3. The Hall–Kier alpha value is -2.53. The van der Waals surface area contributed by atoms with Crippen LogP contribution in [0.15, 0.2) is 18.2 Å². The predicted molar refractivity (Wildman–Crippen MR) is 152 cm³/mol. The van der Waals surface area contributed by atoms with Crippen molar-refractivity contribution in [3.63, 3.8) is 0 Å². The SMILES string of the molecule is C.CC(C)/C=C/c1cc(C(=O)N(CCS(=O)(=O)O)CCS(=O)(=O)O)nc(C(=O)N(CCS(=O)(=O)O)CCS(=O)(=O)O)c1. The van der Waals surface area contributed by atoms with Crippen molar-refractivity contribution < 1.29 is 61.5 Å². The average molecular weight is 682 g/mol. The molecule has 0 atom stereocenters. The van der Waals surface area contributed by atoms with Gasteiger partial charge in [0.15, 0.2) is 0 Å². The fraction of sp³-hybridized carbons (Fsp3) is 0.571. The van der Waals surface area contributed by atoms with E-state index < -0.39 is 113 Å². The van der Waals surface area contributed by atoms with Crippen molar-refractivity contribution >= 4 is 58.4 Å². The van der Waals surface area contributed by atoms with Crippen LogP contribution in [-0.4, -0.2) is 128 Å². The van der Waals surface area contributed by atoms with Gasteiger partial charge in [-0.1, -0.05) is 33.4 Å². The van der Waals surface area contributed by atoms with Crippen LogP contribution in [0.4, 0.5) is 0 Å². The molecule has 0 aliphatic heterocycles. The first-order chi connectivity index (χ1) is 18.5. The van der Waals surface area contributed by atoms with E-state index >= 15 is 0 Å². The summed E-state index contributed by atoms with van der Waals surface area (Å²) in [6, 6.07) is 2.32. The van der Waals surface area contributed by atoms with Crippen molar-refractivity contribution in [2.24, 2.45) is 5.92 Å². The molecule has 1 rings (SSSR count). The highest BCUT2D eigenvalue weighted by Crippen LogP contribution is 2.15. The first-order valence-electron chi connectivity index (χ1n) is 11.6. The third-order valence-corrected chi connectivity index (χ3v) is 7.80. The fourth-order valence-corrected chi connectivity index (χ4v) is 4.83. The first-order valence-corrected chi connectivity index (χ1v) is 18.0. The molecule has 0 saturated heterocycles. The zero-order chi connectivity index (χ0) is 31.8. The molecule has 1 heterocycles. The summed E-state index contributed by atoms with van der Waals surface area (Å²) in [4.78, 5) is 31.7. The van der Waals surface area contributed by atoms with E-state index in [0.717, 1.165) is 12.1 Å². The molecule has 42 heavy (non-hydrogen) atoms. The maximum atomic E-state index is 13.3. The van der Waals surface area contributed by atoms with E-state index in [0.29, 0.717) is 9.80 Å². The van der Waals surface area contributed by atoms with Crippen molar-refractivity contribution in [2.45, 2.75) is 21.3 Å². The molecule has 1 aromatic heterocycles. The van der Waals surface area contributed by atoms with Gasteiger partial charge in [0, 0.05) is 26.2 Å². The minimum Gasteiger partial charge on any atom is -0.335 e. The number of pyridine rings is 1. The lowest BCUT2D eigenvalue weighted by Crippen LogP contribution is -2.40. The summed E-state index contributed by atoms with van der Waals surface area (Å²) in [6.45, 7) is 0.652. The molecule has 0 aliphatic rings. The summed E-state index contributed by atoms with van der Waals surface area (Å²) in [6.07, 6.45) is 3.13. The molecule has 0 fully saturated rings. The molecular formula is C21H35N3O14S4. The number of hydrogen-bond acceptors (Lipinski definition) is 11. The van der Waals surface area contributed by atoms with Gasteiger partial charge in [-0.25, -0.2) is 4.98 Å². The van der Waals surface area contributed by atoms with Crippen LogP contribution in [0.3, 0.4) is 0 Å². The zero-order valence-electron chi connectivity index (χ0n) is 21.9. The number of rotatable bonds is 16. The maximum Gasteiger partial charge on any atom is 0.272 e. The van der Waals surface area contributed by atoms with Crippen molar-refractivity contribution in [3.05, 3.63) is 35.2 Å². The highest BCUT2D eigenvalue weighted by molar-refractivity contribution is 7.86. The lowest BCUT2D eigenvalue weighted by atomic mass is 10.1. The van der Waals surface area contributed by atoms with Gasteiger partial charge in [0.1, 0.15) is 11.4 Å². The topological polar surface area (TPSA) is 271 Å². The summed E-state index contributed by atoms with van der Waals surface area (Å²) in [7, 11) is -18.5. The number of nitrogens with zero attached hydrogens (tertiary/aromatic N) is 3. The molecule has 4 N–H and O–H groups in total. The molecule has 0 bridgehead atoms. The summed E-state index contributed by atoms with van der Waals surface area (Å²) in [5, 5.41) is 0. The van der Waals surface area contributed by atoms with E-state index in [1.807, 2.05) is 0 Å². The van der Waals surface area contributed by atoms with E-state index in [-0.39, 0.29) is 18.9 Å². The van der Waals surface area contributed by atoms with Crippen molar-refractivity contribution in [2.75, 3.05) is 49.2 Å². The molecule has 242 valence electrons. The van der Waals surface area contributed by atoms with Crippen LogP contribution < -0.4 is 0 Å². The van der Waals surface area contributed by atoms with Crippen LogP contribution in [-0.2, 0) is 40.5 Å². The number of aromatic nitrogens is 1. The minimum absolute atomic E-state index is 0. The molecule has 17 nitrogen and oxygen atoms in total. The zero-order valence-corrected chi connectivity index (χ0v) is 25.2. The van der Waals surface area contributed by atoms with Crippen molar-refractivity contribution in [1.29, 1.82) is 0 Å². The standard InChI is InChI=1S/C20H31N3O14S4.CH4/c1-15(2)3-4-16-13-17(19(24)22(5-9-38(26,27)28)6-10-39(29,30)31)21-18(14-16)20(25)23(7-11-40(32,33)34)8-12-41(35,36)37;/h3-4,13-15H,5-12H2,1-2H3,(H,26,27,28)(H,29,30,31)(H,32,33,34)(H,35,36,37);1H4/b4-3+;. The van der Waals surface area contributed by atoms with Crippen LogP contribution in [0.2, 0.25) is 0 Å². The Morgan fingerprint density at radius 2 is 0.976 bits per heavy atom. The van der Waals surface area contributed by atoms with Crippen molar-refractivity contribution in [3.8, 4) is 0 Å². The number of amides is 2. The van der Waals surface area contributed by atoms with Gasteiger partial charge >= 0.3 is 0 Å². The van der Waals surface area contributed by atoms with Crippen molar-refractivity contribution in [1.82, 2.24) is 14.8 Å². The second kappa shape index (κ2) is 15.8. The quantitative estimate of drug-likeness (QED) is 0.165. The van der Waals surface area contributed by atoms with Gasteiger partial charge in [-0.2, -0.15) is 33.7 Å². The predicted octanol–water partition coefficient (Wildman–Crippen LogP) is -0.177. The third kappa shape index (κ3) is 16.8. The second-order valence-corrected chi connectivity index (χ2v) is 15.3. The first kappa shape index (κ1) is 39.5. The lowest BCUT2D eigenvalue weighted by molar-refractivity contribution is 0.0762. The lowest BCUT2D eigenvalue weighted by Gasteiger charge is -2.23. The molecule has 0 aromatic carbocycles. The van der Waals surface area contributed by atoms with Gasteiger partial charge in [-0.3, -0.25) is 27.8 Å². The van der Waals surface area contributed by atoms with E-state index in [1.54, 1.807) is 19.9 Å². The molecule has 21 heteroatoms. The molecule has 0 radical (unpaired) electrons. The summed E-state index contributed by atoms with van der Waals surface area (Å²) in [5.41, 5.74) is -0.890. The average Bonchev–Trinajstić information content (AvgIpc) is 2.79. The Morgan fingerprint density at radius 1 is 0.690 bits per heavy atom. The monoisotopic (exact) mass is 681 g/mol. The molecule has 0 spiro atoms. The number of carbonyl (C=O) groups is 2. The van der Waals surface area contributed by atoms with Gasteiger partial charge in [0.2, 0.25) is 0 Å². The number of allylic oxidation sites excluding steroid dienone is 1. The largest absolute Gasteiger partial charge is 0.335 e. The molecule has 0 saturated carbocycles. The Balaban J connectivity index is 0.0000168. The summed E-state index contributed by atoms with van der Waals surface area (Å²) < 4.78 is 126. The second-order valence-electron chi connectivity index (χ2n) is 9.00. The summed E-state index contributed by atoms with van der Waals surface area (Å²) in [5.74, 6) is -6.31. The van der Waals surface area contributed by atoms with E-state index in [4.69, 9.17) is 18.2 Å². The molecular weight excluding hydrogens is 647 g/mol. The van der Waals surface area contributed by atoms with Crippen LogP contribution in [0.5, 0.6) is 0 Å². The Bertz CT molecular complexity index is 1390. The van der Waals surface area contributed by atoms with Crippen LogP contribution in [0.25, 0.3) is 6.08 Å². The smallest absolute Gasteiger partial charge is 0.272 e. The highest BCUT2D eigenvalue weighted by Gasteiger charge is 2.26. The van der Waals surface area contributed by atoms with E-state index in [2.05, 4.69) is 4.98 Å². The van der Waals surface area contributed by atoms with Gasteiger partial charge in [0.25, 0.3) is 52.3 Å². The highest BCUT2D eigenvalue weighted by atomic mass is 32.2.